The largest absolute Gasteiger partial charge is 0.385 e. The maximum Gasteiger partial charge on any atom is 0.127 e. The molecule has 0 radical (unpaired) electrons. The number of benzene rings is 2. The molecule has 1 atom stereocenters. The number of ether oxygens (including phenoxy) is 1. The van der Waals surface area contributed by atoms with Crippen LogP contribution in [-0.4, -0.2) is 50.5 Å². The van der Waals surface area contributed by atoms with Crippen molar-refractivity contribution in [1.82, 2.24) is 0 Å². The topological polar surface area (TPSA) is 38.3 Å². The molecule has 1 aliphatic rings. The average Bonchev–Trinajstić information content (AvgIpc) is 2.66. The lowest BCUT2D eigenvalue weighted by atomic mass is 10.2. The van der Waals surface area contributed by atoms with Crippen molar-refractivity contribution < 1.29 is 19.6 Å². The summed E-state index contributed by atoms with van der Waals surface area (Å²) < 4.78 is 5.65. The van der Waals surface area contributed by atoms with E-state index in [9.17, 15) is 5.11 Å². The standard InChI is InChI=1S/C21H27ClN2O2/c22-20-8-6-19(7-9-20)16-26-17-21(25)15-24-12-10-23(11-13-24)14-18-4-2-1-3-5-18/h1-9,21,25H,10-17H2/p+2/t21-/m0/s1. The van der Waals surface area contributed by atoms with Crippen molar-refractivity contribution in [2.24, 2.45) is 0 Å². The van der Waals surface area contributed by atoms with E-state index in [0.29, 0.717) is 13.2 Å². The second-order valence-corrected chi connectivity index (χ2v) is 7.60. The number of nitrogens with one attached hydrogen (secondary N) is 2. The van der Waals surface area contributed by atoms with E-state index in [0.717, 1.165) is 49.9 Å². The molecule has 0 aromatic heterocycles. The molecule has 3 N–H and O–H groups in total. The summed E-state index contributed by atoms with van der Waals surface area (Å²) in [7, 11) is 0. The zero-order valence-corrected chi connectivity index (χ0v) is 15.9. The van der Waals surface area contributed by atoms with Gasteiger partial charge in [0.25, 0.3) is 0 Å². The minimum Gasteiger partial charge on any atom is -0.385 e. The number of aliphatic hydroxyl groups excluding tert-OH is 1. The molecule has 1 aliphatic heterocycles. The van der Waals surface area contributed by atoms with Crippen molar-refractivity contribution in [3.05, 3.63) is 70.7 Å². The minimum absolute atomic E-state index is 0.382. The van der Waals surface area contributed by atoms with E-state index in [2.05, 4.69) is 30.3 Å². The SMILES string of the molecule is O[C@H](COCc1ccc(Cl)cc1)C[NH+]1CC[NH+](Cc2ccccc2)CC1. The first-order chi connectivity index (χ1) is 12.7. The molecule has 1 heterocycles. The zero-order valence-electron chi connectivity index (χ0n) is 15.2. The third kappa shape index (κ3) is 6.38. The highest BCUT2D eigenvalue weighted by Gasteiger charge is 2.24. The second-order valence-electron chi connectivity index (χ2n) is 7.16. The van der Waals surface area contributed by atoms with E-state index in [4.69, 9.17) is 16.3 Å². The zero-order chi connectivity index (χ0) is 18.2. The Labute approximate surface area is 160 Å². The third-order valence-electron chi connectivity index (χ3n) is 4.98. The van der Waals surface area contributed by atoms with Gasteiger partial charge < -0.3 is 19.6 Å². The van der Waals surface area contributed by atoms with E-state index < -0.39 is 6.10 Å². The van der Waals surface area contributed by atoms with Crippen molar-refractivity contribution in [3.63, 3.8) is 0 Å². The first kappa shape index (κ1) is 19.3. The maximum absolute atomic E-state index is 10.3. The van der Waals surface area contributed by atoms with Gasteiger partial charge in [0.1, 0.15) is 45.4 Å². The van der Waals surface area contributed by atoms with Gasteiger partial charge in [0.15, 0.2) is 0 Å². The Hall–Kier alpha value is -1.43. The fraction of sp³-hybridized carbons (Fsp3) is 0.429. The maximum atomic E-state index is 10.3. The van der Waals surface area contributed by atoms with Crippen molar-refractivity contribution in [2.45, 2.75) is 19.3 Å². The van der Waals surface area contributed by atoms with E-state index in [-0.39, 0.29) is 0 Å². The summed E-state index contributed by atoms with van der Waals surface area (Å²) in [5.74, 6) is 0. The van der Waals surface area contributed by atoms with Crippen LogP contribution in [0.3, 0.4) is 0 Å². The predicted octanol–water partition coefficient (Wildman–Crippen LogP) is 0.201. The molecule has 2 aromatic rings. The Morgan fingerprint density at radius 2 is 1.54 bits per heavy atom. The molecule has 1 fully saturated rings. The molecule has 0 spiro atoms. The number of rotatable bonds is 8. The first-order valence-corrected chi connectivity index (χ1v) is 9.78. The molecule has 1 saturated heterocycles. The number of hydrogen-bond acceptors (Lipinski definition) is 2. The lowest BCUT2D eigenvalue weighted by molar-refractivity contribution is -1.02. The summed E-state index contributed by atoms with van der Waals surface area (Å²) >= 11 is 5.87. The lowest BCUT2D eigenvalue weighted by Crippen LogP contribution is -3.28. The molecule has 140 valence electrons. The molecular formula is C21H29ClN2O2+2. The Balaban J connectivity index is 1.31. The summed E-state index contributed by atoms with van der Waals surface area (Å²) in [4.78, 5) is 3.11. The number of quaternary nitrogens is 2. The van der Waals surface area contributed by atoms with E-state index >= 15 is 0 Å². The molecule has 2 aromatic carbocycles. The van der Waals surface area contributed by atoms with Crippen LogP contribution in [0.4, 0.5) is 0 Å². The van der Waals surface area contributed by atoms with E-state index in [1.165, 1.54) is 10.5 Å². The van der Waals surface area contributed by atoms with Gasteiger partial charge in [0.05, 0.1) is 13.2 Å². The van der Waals surface area contributed by atoms with Crippen LogP contribution >= 0.6 is 11.6 Å². The van der Waals surface area contributed by atoms with Gasteiger partial charge in [-0.3, -0.25) is 0 Å². The van der Waals surface area contributed by atoms with Gasteiger partial charge in [-0.2, -0.15) is 0 Å². The van der Waals surface area contributed by atoms with Crippen LogP contribution in [0.25, 0.3) is 0 Å². The van der Waals surface area contributed by atoms with Crippen molar-refractivity contribution in [3.8, 4) is 0 Å². The summed E-state index contributed by atoms with van der Waals surface area (Å²) in [6, 6.07) is 18.3. The Morgan fingerprint density at radius 1 is 0.885 bits per heavy atom. The van der Waals surface area contributed by atoms with Crippen LogP contribution in [0.5, 0.6) is 0 Å². The highest BCUT2D eigenvalue weighted by atomic mass is 35.5. The van der Waals surface area contributed by atoms with Crippen molar-refractivity contribution >= 4 is 11.6 Å². The van der Waals surface area contributed by atoms with Gasteiger partial charge >= 0.3 is 0 Å². The Morgan fingerprint density at radius 3 is 2.23 bits per heavy atom. The molecule has 0 aliphatic carbocycles. The second kappa shape index (κ2) is 10.0. The molecular weight excluding hydrogens is 348 g/mol. The molecule has 3 rings (SSSR count). The van der Waals surface area contributed by atoms with Crippen LogP contribution in [0, 0.1) is 0 Å². The van der Waals surface area contributed by atoms with E-state index in [1.807, 2.05) is 24.3 Å². The fourth-order valence-corrected chi connectivity index (χ4v) is 3.63. The van der Waals surface area contributed by atoms with Crippen LogP contribution in [0.2, 0.25) is 5.02 Å². The van der Waals surface area contributed by atoms with Crippen LogP contribution < -0.4 is 9.80 Å². The molecule has 0 bridgehead atoms. The van der Waals surface area contributed by atoms with Gasteiger partial charge in [0.2, 0.25) is 0 Å². The molecule has 0 unspecified atom stereocenters. The van der Waals surface area contributed by atoms with Gasteiger partial charge in [-0.05, 0) is 17.7 Å². The van der Waals surface area contributed by atoms with Crippen LogP contribution in [-0.2, 0) is 17.9 Å². The molecule has 0 amide bonds. The van der Waals surface area contributed by atoms with Crippen molar-refractivity contribution in [1.29, 1.82) is 0 Å². The number of aliphatic hydroxyl groups is 1. The molecule has 0 saturated carbocycles. The molecule has 26 heavy (non-hydrogen) atoms. The van der Waals surface area contributed by atoms with E-state index in [1.54, 1.807) is 4.90 Å². The highest BCUT2D eigenvalue weighted by Crippen LogP contribution is 2.10. The van der Waals surface area contributed by atoms with Crippen molar-refractivity contribution in [2.75, 3.05) is 39.3 Å². The van der Waals surface area contributed by atoms with Gasteiger partial charge in [0, 0.05) is 10.6 Å². The number of hydrogen-bond donors (Lipinski definition) is 3. The fourth-order valence-electron chi connectivity index (χ4n) is 3.51. The number of halogens is 1. The summed E-state index contributed by atoms with van der Waals surface area (Å²) in [6.45, 7) is 7.28. The predicted molar refractivity (Wildman–Crippen MR) is 104 cm³/mol. The normalized spacial score (nSPS) is 21.5. The highest BCUT2D eigenvalue weighted by molar-refractivity contribution is 6.30. The quantitative estimate of drug-likeness (QED) is 0.616. The van der Waals surface area contributed by atoms with Crippen LogP contribution in [0.1, 0.15) is 11.1 Å². The Kier molecular flexibility index (Phi) is 7.47. The summed E-state index contributed by atoms with van der Waals surface area (Å²) in [5, 5.41) is 11.0. The van der Waals surface area contributed by atoms with Gasteiger partial charge in [-0.25, -0.2) is 0 Å². The smallest absolute Gasteiger partial charge is 0.127 e. The first-order valence-electron chi connectivity index (χ1n) is 9.40. The average molecular weight is 377 g/mol. The monoisotopic (exact) mass is 376 g/mol. The van der Waals surface area contributed by atoms with Crippen LogP contribution in [0.15, 0.2) is 54.6 Å². The lowest BCUT2D eigenvalue weighted by Gasteiger charge is -2.30. The summed E-state index contributed by atoms with van der Waals surface area (Å²) in [5.41, 5.74) is 2.48. The van der Waals surface area contributed by atoms with Gasteiger partial charge in [-0.1, -0.05) is 54.1 Å². The van der Waals surface area contributed by atoms with Gasteiger partial charge in [-0.15, -0.1) is 0 Å². The summed E-state index contributed by atoms with van der Waals surface area (Å²) in [6.07, 6.45) is -0.409. The molecule has 4 nitrogen and oxygen atoms in total. The Bertz CT molecular complexity index is 643. The number of piperazine rings is 1. The minimum atomic E-state index is -0.409. The molecule has 5 heteroatoms. The third-order valence-corrected chi connectivity index (χ3v) is 5.23.